The summed E-state index contributed by atoms with van der Waals surface area (Å²) in [5, 5.41) is 13.4. The fourth-order valence-electron chi connectivity index (χ4n) is 2.66. The van der Waals surface area contributed by atoms with Crippen molar-refractivity contribution in [1.29, 1.82) is 0 Å². The minimum Gasteiger partial charge on any atom is -0.468 e. The van der Waals surface area contributed by atoms with E-state index in [-0.39, 0.29) is 12.1 Å². The molecule has 0 aliphatic heterocycles. The largest absolute Gasteiger partial charge is 0.468 e. The van der Waals surface area contributed by atoms with Crippen LogP contribution >= 0.6 is 0 Å². The van der Waals surface area contributed by atoms with Gasteiger partial charge in [0.15, 0.2) is 0 Å². The number of rotatable bonds is 5. The third-order valence-electron chi connectivity index (χ3n) is 3.79. The van der Waals surface area contributed by atoms with Gasteiger partial charge in [-0.3, -0.25) is 0 Å². The van der Waals surface area contributed by atoms with Crippen LogP contribution in [0.2, 0.25) is 0 Å². The Morgan fingerprint density at radius 3 is 2.94 bits per heavy atom. The van der Waals surface area contributed by atoms with E-state index in [2.05, 4.69) is 12.2 Å². The van der Waals surface area contributed by atoms with Crippen molar-refractivity contribution in [2.75, 3.05) is 6.54 Å². The van der Waals surface area contributed by atoms with Gasteiger partial charge in [-0.05, 0) is 37.3 Å². The first-order chi connectivity index (χ1) is 8.31. The standard InChI is InChI=1S/C14H23NO2/c1-2-12(14-8-5-9-17-14)15-10-11-6-3-4-7-13(11)16/h5,8-9,11-13,15-16H,2-4,6-7,10H2,1H3. The molecule has 17 heavy (non-hydrogen) atoms. The van der Waals surface area contributed by atoms with E-state index in [1.807, 2.05) is 12.1 Å². The smallest absolute Gasteiger partial charge is 0.120 e. The van der Waals surface area contributed by atoms with Gasteiger partial charge in [0.1, 0.15) is 5.76 Å². The van der Waals surface area contributed by atoms with Crippen molar-refractivity contribution in [3.05, 3.63) is 24.2 Å². The maximum atomic E-state index is 9.92. The predicted octanol–water partition coefficient (Wildman–Crippen LogP) is 2.87. The van der Waals surface area contributed by atoms with Gasteiger partial charge in [-0.2, -0.15) is 0 Å². The summed E-state index contributed by atoms with van der Waals surface area (Å²) in [6.45, 7) is 3.04. The summed E-state index contributed by atoms with van der Waals surface area (Å²) in [5.74, 6) is 1.41. The molecule has 0 radical (unpaired) electrons. The molecule has 0 saturated heterocycles. The number of aliphatic hydroxyl groups is 1. The number of furan rings is 1. The van der Waals surface area contributed by atoms with Crippen LogP contribution in [0.5, 0.6) is 0 Å². The first kappa shape index (κ1) is 12.7. The highest BCUT2D eigenvalue weighted by atomic mass is 16.3. The SMILES string of the molecule is CCC(NCC1CCCCC1O)c1ccco1. The van der Waals surface area contributed by atoms with Crippen LogP contribution in [-0.4, -0.2) is 17.8 Å². The van der Waals surface area contributed by atoms with Gasteiger partial charge < -0.3 is 14.8 Å². The average Bonchev–Trinajstić information content (AvgIpc) is 2.86. The Kier molecular flexibility index (Phi) is 4.63. The van der Waals surface area contributed by atoms with E-state index >= 15 is 0 Å². The van der Waals surface area contributed by atoms with E-state index in [0.29, 0.717) is 5.92 Å². The van der Waals surface area contributed by atoms with Crippen molar-refractivity contribution in [1.82, 2.24) is 5.32 Å². The second-order valence-electron chi connectivity index (χ2n) is 5.00. The molecule has 1 aromatic rings. The summed E-state index contributed by atoms with van der Waals surface area (Å²) in [7, 11) is 0. The number of nitrogens with one attached hydrogen (secondary N) is 1. The molecule has 3 nitrogen and oxygen atoms in total. The zero-order chi connectivity index (χ0) is 12.1. The summed E-state index contributed by atoms with van der Waals surface area (Å²) in [4.78, 5) is 0. The monoisotopic (exact) mass is 237 g/mol. The van der Waals surface area contributed by atoms with E-state index in [4.69, 9.17) is 4.42 Å². The van der Waals surface area contributed by atoms with Crippen LogP contribution in [0.15, 0.2) is 22.8 Å². The number of hydrogen-bond donors (Lipinski definition) is 2. The number of hydrogen-bond acceptors (Lipinski definition) is 3. The predicted molar refractivity (Wildman–Crippen MR) is 67.7 cm³/mol. The molecule has 0 amide bonds. The average molecular weight is 237 g/mol. The molecule has 3 unspecified atom stereocenters. The minimum absolute atomic E-state index is 0.120. The summed E-state index contributed by atoms with van der Waals surface area (Å²) >= 11 is 0. The molecular formula is C14H23NO2. The molecule has 1 aromatic heterocycles. The molecule has 3 atom stereocenters. The summed E-state index contributed by atoms with van der Waals surface area (Å²) in [5.41, 5.74) is 0. The summed E-state index contributed by atoms with van der Waals surface area (Å²) in [6.07, 6.45) is 7.14. The lowest BCUT2D eigenvalue weighted by Gasteiger charge is -2.29. The van der Waals surface area contributed by atoms with E-state index < -0.39 is 0 Å². The first-order valence-corrected chi connectivity index (χ1v) is 6.76. The van der Waals surface area contributed by atoms with Gasteiger partial charge in [0.05, 0.1) is 18.4 Å². The zero-order valence-electron chi connectivity index (χ0n) is 10.6. The Balaban J connectivity index is 1.83. The van der Waals surface area contributed by atoms with Gasteiger partial charge in [-0.1, -0.05) is 19.8 Å². The van der Waals surface area contributed by atoms with Crippen LogP contribution in [0.4, 0.5) is 0 Å². The van der Waals surface area contributed by atoms with Gasteiger partial charge in [-0.15, -0.1) is 0 Å². The van der Waals surface area contributed by atoms with Crippen LogP contribution in [0, 0.1) is 5.92 Å². The van der Waals surface area contributed by atoms with E-state index in [1.54, 1.807) is 6.26 Å². The quantitative estimate of drug-likeness (QED) is 0.827. The lowest BCUT2D eigenvalue weighted by Crippen LogP contribution is -2.35. The van der Waals surface area contributed by atoms with Crippen LogP contribution in [-0.2, 0) is 0 Å². The molecule has 0 spiro atoms. The van der Waals surface area contributed by atoms with Crippen molar-refractivity contribution in [3.63, 3.8) is 0 Å². The van der Waals surface area contributed by atoms with Gasteiger partial charge in [0.25, 0.3) is 0 Å². The normalized spacial score (nSPS) is 26.9. The minimum atomic E-state index is -0.120. The van der Waals surface area contributed by atoms with E-state index in [0.717, 1.165) is 31.6 Å². The second kappa shape index (κ2) is 6.22. The summed E-state index contributed by atoms with van der Waals surface area (Å²) < 4.78 is 5.43. The molecule has 96 valence electrons. The van der Waals surface area contributed by atoms with Crippen molar-refractivity contribution in [2.24, 2.45) is 5.92 Å². The molecule has 2 N–H and O–H groups in total. The lowest BCUT2D eigenvalue weighted by molar-refractivity contribution is 0.0675. The Hall–Kier alpha value is -0.800. The van der Waals surface area contributed by atoms with Crippen molar-refractivity contribution in [2.45, 2.75) is 51.2 Å². The second-order valence-corrected chi connectivity index (χ2v) is 5.00. The van der Waals surface area contributed by atoms with Gasteiger partial charge in [0.2, 0.25) is 0 Å². The molecule has 3 heteroatoms. The van der Waals surface area contributed by atoms with Crippen LogP contribution < -0.4 is 5.32 Å². The van der Waals surface area contributed by atoms with Gasteiger partial charge >= 0.3 is 0 Å². The maximum Gasteiger partial charge on any atom is 0.120 e. The van der Waals surface area contributed by atoms with Crippen LogP contribution in [0.3, 0.4) is 0 Å². The van der Waals surface area contributed by atoms with Gasteiger partial charge in [-0.25, -0.2) is 0 Å². The Bertz CT molecular complexity index is 310. The molecule has 0 aromatic carbocycles. The Labute approximate surface area is 103 Å². The highest BCUT2D eigenvalue weighted by molar-refractivity contribution is 5.04. The van der Waals surface area contributed by atoms with Crippen LogP contribution in [0.1, 0.15) is 50.8 Å². The van der Waals surface area contributed by atoms with Gasteiger partial charge in [0, 0.05) is 6.54 Å². The molecule has 1 saturated carbocycles. The van der Waals surface area contributed by atoms with E-state index in [9.17, 15) is 5.11 Å². The zero-order valence-corrected chi connectivity index (χ0v) is 10.6. The summed E-state index contributed by atoms with van der Waals surface area (Å²) in [6, 6.07) is 4.22. The Morgan fingerprint density at radius 1 is 1.47 bits per heavy atom. The first-order valence-electron chi connectivity index (χ1n) is 6.76. The van der Waals surface area contributed by atoms with Crippen molar-refractivity contribution >= 4 is 0 Å². The third-order valence-corrected chi connectivity index (χ3v) is 3.79. The highest BCUT2D eigenvalue weighted by Crippen LogP contribution is 2.25. The Morgan fingerprint density at radius 2 is 2.29 bits per heavy atom. The van der Waals surface area contributed by atoms with Crippen molar-refractivity contribution in [3.8, 4) is 0 Å². The molecular weight excluding hydrogens is 214 g/mol. The molecule has 1 aliphatic carbocycles. The molecule has 1 heterocycles. The fraction of sp³-hybridized carbons (Fsp3) is 0.714. The third kappa shape index (κ3) is 3.33. The maximum absolute atomic E-state index is 9.92. The molecule has 2 rings (SSSR count). The number of aliphatic hydroxyl groups excluding tert-OH is 1. The van der Waals surface area contributed by atoms with E-state index in [1.165, 1.54) is 12.8 Å². The topological polar surface area (TPSA) is 45.4 Å². The molecule has 1 fully saturated rings. The van der Waals surface area contributed by atoms with Crippen molar-refractivity contribution < 1.29 is 9.52 Å². The highest BCUT2D eigenvalue weighted by Gasteiger charge is 2.24. The molecule has 1 aliphatic rings. The fourth-order valence-corrected chi connectivity index (χ4v) is 2.66. The lowest BCUT2D eigenvalue weighted by atomic mass is 9.86. The molecule has 0 bridgehead atoms. The van der Waals surface area contributed by atoms with Crippen LogP contribution in [0.25, 0.3) is 0 Å².